The van der Waals surface area contributed by atoms with Crippen molar-refractivity contribution in [1.29, 1.82) is 0 Å². The van der Waals surface area contributed by atoms with Crippen molar-refractivity contribution in [3.05, 3.63) is 74.6 Å². The second-order valence-electron chi connectivity index (χ2n) is 6.23. The molecule has 0 saturated carbocycles. The van der Waals surface area contributed by atoms with E-state index in [0.29, 0.717) is 31.6 Å². The first-order valence-electron chi connectivity index (χ1n) is 8.57. The van der Waals surface area contributed by atoms with Crippen LogP contribution in [-0.2, 0) is 9.59 Å². The molecule has 2 aromatic rings. The summed E-state index contributed by atoms with van der Waals surface area (Å²) >= 11 is 14.3. The first-order valence-corrected chi connectivity index (χ1v) is 10.1. The molecule has 1 aromatic carbocycles. The summed E-state index contributed by atoms with van der Waals surface area (Å²) in [5.41, 5.74) is 1.96. The number of thiocarbonyl (C=S) groups is 1. The van der Waals surface area contributed by atoms with Crippen LogP contribution in [0, 0.1) is 0 Å². The van der Waals surface area contributed by atoms with Crippen LogP contribution < -0.4 is 15.4 Å². The molecule has 3 N–H and O–H groups in total. The number of nitrogens with one attached hydrogen (secondary N) is 2. The van der Waals surface area contributed by atoms with Crippen molar-refractivity contribution in [3.8, 4) is 5.75 Å². The van der Waals surface area contributed by atoms with Crippen molar-refractivity contribution < 1.29 is 19.4 Å². The molecule has 0 radical (unpaired) electrons. The third-order valence-electron chi connectivity index (χ3n) is 4.16. The summed E-state index contributed by atoms with van der Waals surface area (Å²) in [5.74, 6) is -1.36. The quantitative estimate of drug-likeness (QED) is 0.183. The van der Waals surface area contributed by atoms with Gasteiger partial charge in [-0.2, -0.15) is 0 Å². The van der Waals surface area contributed by atoms with E-state index in [1.165, 1.54) is 12.3 Å². The van der Waals surface area contributed by atoms with E-state index >= 15 is 0 Å². The van der Waals surface area contributed by atoms with Crippen LogP contribution in [0.5, 0.6) is 5.75 Å². The summed E-state index contributed by atoms with van der Waals surface area (Å²) in [6.45, 7) is 1.65. The van der Waals surface area contributed by atoms with Crippen LogP contribution in [0.25, 0.3) is 6.08 Å². The molecule has 0 aliphatic carbocycles. The number of pyridine rings is 1. The Balaban J connectivity index is 1.78. The minimum atomic E-state index is -1.06. The van der Waals surface area contributed by atoms with Crippen LogP contribution in [0.4, 0.5) is 0 Å². The monoisotopic (exact) mass is 507 g/mol. The van der Waals surface area contributed by atoms with Crippen molar-refractivity contribution in [2.75, 3.05) is 0 Å². The Hall–Kier alpha value is -2.75. The SMILES string of the molecule is CC1=C(C(=O)O)C(c2ccc(OC(=O)C=Cc3ccnc(Cl)c3)c(Br)c2)NC(=S)N1. The lowest BCUT2D eigenvalue weighted by Crippen LogP contribution is -2.44. The van der Waals surface area contributed by atoms with E-state index in [2.05, 4.69) is 31.5 Å². The molecule has 3 rings (SSSR count). The molecule has 1 aliphatic rings. The van der Waals surface area contributed by atoms with Gasteiger partial charge in [-0.3, -0.25) is 0 Å². The van der Waals surface area contributed by atoms with Gasteiger partial charge < -0.3 is 20.5 Å². The van der Waals surface area contributed by atoms with Crippen LogP contribution in [0.15, 0.2) is 58.3 Å². The first kappa shape index (κ1) is 21.9. The molecule has 10 heteroatoms. The van der Waals surface area contributed by atoms with Gasteiger partial charge in [-0.25, -0.2) is 14.6 Å². The molecule has 0 bridgehead atoms. The summed E-state index contributed by atoms with van der Waals surface area (Å²) in [5, 5.41) is 16.0. The van der Waals surface area contributed by atoms with Crippen LogP contribution in [0.1, 0.15) is 24.1 Å². The van der Waals surface area contributed by atoms with Crippen molar-refractivity contribution in [3.63, 3.8) is 0 Å². The Labute approximate surface area is 190 Å². The number of carbonyl (C=O) groups is 2. The predicted molar refractivity (Wildman–Crippen MR) is 120 cm³/mol. The van der Waals surface area contributed by atoms with Crippen LogP contribution >= 0.6 is 39.7 Å². The number of hydrogen-bond donors (Lipinski definition) is 3. The molecular formula is C20H15BrClN3O4S. The van der Waals surface area contributed by atoms with Crippen molar-refractivity contribution >= 4 is 62.9 Å². The van der Waals surface area contributed by atoms with E-state index in [1.54, 1.807) is 43.3 Å². The first-order chi connectivity index (χ1) is 14.2. The second-order valence-corrected chi connectivity index (χ2v) is 7.88. The fourth-order valence-corrected chi connectivity index (χ4v) is 3.77. The highest BCUT2D eigenvalue weighted by molar-refractivity contribution is 9.10. The number of aromatic nitrogens is 1. The number of aliphatic carboxylic acids is 1. The number of carbonyl (C=O) groups excluding carboxylic acids is 1. The van der Waals surface area contributed by atoms with Gasteiger partial charge in [-0.05, 0) is 76.5 Å². The molecule has 0 fully saturated rings. The van der Waals surface area contributed by atoms with Gasteiger partial charge >= 0.3 is 11.9 Å². The Morgan fingerprint density at radius 2 is 2.10 bits per heavy atom. The van der Waals surface area contributed by atoms with Crippen molar-refractivity contribution in [2.45, 2.75) is 13.0 Å². The molecule has 2 heterocycles. The average molecular weight is 509 g/mol. The highest BCUT2D eigenvalue weighted by Gasteiger charge is 2.30. The lowest BCUT2D eigenvalue weighted by molar-refractivity contribution is -0.133. The van der Waals surface area contributed by atoms with Gasteiger partial charge in [0.15, 0.2) is 5.11 Å². The largest absolute Gasteiger partial charge is 0.478 e. The standard InChI is InChI=1S/C20H15BrClN3O4S/c1-10-17(19(27)28)18(25-20(30)24-10)12-3-4-14(13(21)9-12)29-16(26)5-2-11-6-7-23-15(22)8-11/h2-9,18H,1H3,(H,27,28)(H2,24,25,30). The number of hydrogen-bond acceptors (Lipinski definition) is 5. The highest BCUT2D eigenvalue weighted by Crippen LogP contribution is 2.33. The maximum atomic E-state index is 12.1. The smallest absolute Gasteiger partial charge is 0.336 e. The number of esters is 1. The van der Waals surface area contributed by atoms with Crippen molar-refractivity contribution in [1.82, 2.24) is 15.6 Å². The van der Waals surface area contributed by atoms with Gasteiger partial charge in [0.05, 0.1) is 16.1 Å². The zero-order valence-electron chi connectivity index (χ0n) is 15.5. The fourth-order valence-electron chi connectivity index (χ4n) is 2.83. The molecule has 0 saturated heterocycles. The average Bonchev–Trinajstić information content (AvgIpc) is 2.67. The van der Waals surface area contributed by atoms with Gasteiger partial charge in [0.2, 0.25) is 0 Å². The molecule has 1 atom stereocenters. The van der Waals surface area contributed by atoms with Gasteiger partial charge in [0.1, 0.15) is 10.9 Å². The lowest BCUT2D eigenvalue weighted by atomic mass is 9.96. The van der Waals surface area contributed by atoms with Crippen LogP contribution in [0.2, 0.25) is 5.15 Å². The molecule has 0 spiro atoms. The van der Waals surface area contributed by atoms with E-state index in [-0.39, 0.29) is 11.3 Å². The molecule has 7 nitrogen and oxygen atoms in total. The van der Waals surface area contributed by atoms with Gasteiger partial charge in [0.25, 0.3) is 0 Å². The Bertz CT molecular complexity index is 1100. The third kappa shape index (κ3) is 5.24. The number of allylic oxidation sites excluding steroid dienone is 1. The van der Waals surface area contributed by atoms with E-state index in [9.17, 15) is 14.7 Å². The second kappa shape index (κ2) is 9.38. The normalized spacial score (nSPS) is 16.2. The maximum Gasteiger partial charge on any atom is 0.336 e. The number of rotatable bonds is 5. The minimum absolute atomic E-state index is 0.152. The predicted octanol–water partition coefficient (Wildman–Crippen LogP) is 3.99. The Morgan fingerprint density at radius 3 is 2.77 bits per heavy atom. The van der Waals surface area contributed by atoms with E-state index < -0.39 is 18.0 Å². The Kier molecular flexibility index (Phi) is 6.86. The summed E-state index contributed by atoms with van der Waals surface area (Å²) in [6.07, 6.45) is 4.36. The molecule has 1 aromatic heterocycles. The number of nitrogens with zero attached hydrogens (tertiary/aromatic N) is 1. The molecule has 1 aliphatic heterocycles. The summed E-state index contributed by atoms with van der Waals surface area (Å²) in [6, 6.07) is 7.59. The molecule has 1 unspecified atom stereocenters. The lowest BCUT2D eigenvalue weighted by Gasteiger charge is -2.29. The van der Waals surface area contributed by atoms with Gasteiger partial charge in [-0.1, -0.05) is 17.7 Å². The third-order valence-corrected chi connectivity index (χ3v) is 5.21. The topological polar surface area (TPSA) is 101 Å². The van der Waals surface area contributed by atoms with E-state index in [0.717, 1.165) is 0 Å². The van der Waals surface area contributed by atoms with Gasteiger partial charge in [-0.15, -0.1) is 0 Å². The van der Waals surface area contributed by atoms with Crippen molar-refractivity contribution in [2.24, 2.45) is 0 Å². The summed E-state index contributed by atoms with van der Waals surface area (Å²) in [7, 11) is 0. The van der Waals surface area contributed by atoms with E-state index in [4.69, 9.17) is 28.6 Å². The molecule has 154 valence electrons. The summed E-state index contributed by atoms with van der Waals surface area (Å²) < 4.78 is 5.84. The number of halogens is 2. The summed E-state index contributed by atoms with van der Waals surface area (Å²) in [4.78, 5) is 27.7. The number of carboxylic acid groups (broad SMARTS) is 1. The number of benzene rings is 1. The number of ether oxygens (including phenoxy) is 1. The molecule has 30 heavy (non-hydrogen) atoms. The van der Waals surface area contributed by atoms with Crippen LogP contribution in [-0.4, -0.2) is 27.1 Å². The number of carboxylic acids is 1. The maximum absolute atomic E-state index is 12.1. The van der Waals surface area contributed by atoms with Crippen LogP contribution in [0.3, 0.4) is 0 Å². The van der Waals surface area contributed by atoms with E-state index in [1.807, 2.05) is 0 Å². The zero-order chi connectivity index (χ0) is 21.8. The van der Waals surface area contributed by atoms with Gasteiger partial charge in [0, 0.05) is 18.0 Å². The molecular weight excluding hydrogens is 494 g/mol. The fraction of sp³-hybridized carbons (Fsp3) is 0.100. The minimum Gasteiger partial charge on any atom is -0.478 e. The Morgan fingerprint density at radius 1 is 1.33 bits per heavy atom. The molecule has 0 amide bonds. The highest BCUT2D eigenvalue weighted by atomic mass is 79.9. The zero-order valence-corrected chi connectivity index (χ0v) is 18.6.